The van der Waals surface area contributed by atoms with Gasteiger partial charge in [-0.3, -0.25) is 0 Å². The highest BCUT2D eigenvalue weighted by atomic mass is 32.1. The number of carbonyl (C=O) groups is 1. The lowest BCUT2D eigenvalue weighted by Crippen LogP contribution is -2.38. The van der Waals surface area contributed by atoms with Gasteiger partial charge in [0.25, 0.3) is 0 Å². The summed E-state index contributed by atoms with van der Waals surface area (Å²) >= 11 is 1.68. The van der Waals surface area contributed by atoms with Crippen LogP contribution >= 0.6 is 11.3 Å². The number of rotatable bonds is 7. The van der Waals surface area contributed by atoms with Gasteiger partial charge in [0, 0.05) is 43.7 Å². The summed E-state index contributed by atoms with van der Waals surface area (Å²) in [5.41, 5.74) is 2.97. The zero-order valence-electron chi connectivity index (χ0n) is 17.2. The number of aromatic nitrogens is 1. The number of benzene rings is 1. The van der Waals surface area contributed by atoms with Gasteiger partial charge >= 0.3 is 6.03 Å². The number of aryl methyl sites for hydroxylation is 1. The number of urea groups is 1. The monoisotopic (exact) mass is 414 g/mol. The predicted molar refractivity (Wildman–Crippen MR) is 120 cm³/mol. The quantitative estimate of drug-likeness (QED) is 0.479. The number of hydrogen-bond donors (Lipinski definition) is 3. The summed E-state index contributed by atoms with van der Waals surface area (Å²) < 4.78 is 0. The lowest BCUT2D eigenvalue weighted by atomic mass is 10.2. The van der Waals surface area contributed by atoms with E-state index >= 15 is 0 Å². The molecular weight excluding hydrogens is 384 g/mol. The van der Waals surface area contributed by atoms with Crippen LogP contribution in [0.4, 0.5) is 10.5 Å². The smallest absolute Gasteiger partial charge is 0.321 e. The second-order valence-electron chi connectivity index (χ2n) is 7.05. The predicted octanol–water partition coefficient (Wildman–Crippen LogP) is 3.38. The number of hydrogen-bond acceptors (Lipinski definition) is 4. The van der Waals surface area contributed by atoms with Gasteiger partial charge in [-0.2, -0.15) is 0 Å². The van der Waals surface area contributed by atoms with Crippen LogP contribution in [0.25, 0.3) is 0 Å². The number of nitrogens with one attached hydrogen (secondary N) is 3. The molecule has 1 fully saturated rings. The number of aliphatic imine (C=N–C) groups is 1. The van der Waals surface area contributed by atoms with Gasteiger partial charge in [-0.05, 0) is 44.4 Å². The Morgan fingerprint density at radius 1 is 1.28 bits per heavy atom. The fraction of sp³-hybridized carbons (Fsp3) is 0.476. The summed E-state index contributed by atoms with van der Waals surface area (Å²) in [6.45, 7) is 7.87. The van der Waals surface area contributed by atoms with Crippen LogP contribution < -0.4 is 16.0 Å². The average Bonchev–Trinajstić information content (AvgIpc) is 3.38. The van der Waals surface area contributed by atoms with Crippen LogP contribution in [-0.2, 0) is 13.0 Å². The third kappa shape index (κ3) is 6.74. The van der Waals surface area contributed by atoms with E-state index in [4.69, 9.17) is 0 Å². The maximum Gasteiger partial charge on any atom is 0.321 e. The molecule has 29 heavy (non-hydrogen) atoms. The van der Waals surface area contributed by atoms with E-state index < -0.39 is 0 Å². The van der Waals surface area contributed by atoms with Crippen LogP contribution in [0, 0.1) is 6.92 Å². The maximum atomic E-state index is 12.3. The fourth-order valence-corrected chi connectivity index (χ4v) is 3.86. The molecule has 0 saturated carbocycles. The molecule has 0 bridgehead atoms. The van der Waals surface area contributed by atoms with Crippen molar-refractivity contribution < 1.29 is 4.79 Å². The van der Waals surface area contributed by atoms with Crippen molar-refractivity contribution in [3.63, 3.8) is 0 Å². The van der Waals surface area contributed by atoms with Crippen molar-refractivity contribution in [3.05, 3.63) is 45.9 Å². The van der Waals surface area contributed by atoms with Crippen LogP contribution in [0.3, 0.4) is 0 Å². The van der Waals surface area contributed by atoms with Gasteiger partial charge in [0.2, 0.25) is 0 Å². The van der Waals surface area contributed by atoms with E-state index in [0.717, 1.165) is 73.4 Å². The minimum Gasteiger partial charge on any atom is -0.357 e. The summed E-state index contributed by atoms with van der Waals surface area (Å²) in [7, 11) is 0. The highest BCUT2D eigenvalue weighted by Crippen LogP contribution is 2.14. The maximum absolute atomic E-state index is 12.3. The Labute approximate surface area is 176 Å². The van der Waals surface area contributed by atoms with Crippen molar-refractivity contribution >= 4 is 29.0 Å². The molecule has 1 aromatic carbocycles. The van der Waals surface area contributed by atoms with E-state index in [1.165, 1.54) is 0 Å². The van der Waals surface area contributed by atoms with Crippen LogP contribution in [0.15, 0.2) is 34.6 Å². The molecule has 1 saturated heterocycles. The van der Waals surface area contributed by atoms with Gasteiger partial charge in [0.15, 0.2) is 5.96 Å². The highest BCUT2D eigenvalue weighted by molar-refractivity contribution is 7.09. The number of likely N-dealkylation sites (tertiary alicyclic amines) is 1. The van der Waals surface area contributed by atoms with Gasteiger partial charge in [0.05, 0.1) is 17.2 Å². The van der Waals surface area contributed by atoms with E-state index in [9.17, 15) is 4.79 Å². The first-order chi connectivity index (χ1) is 14.1. The molecule has 2 aromatic rings. The second-order valence-corrected chi connectivity index (χ2v) is 8.12. The molecule has 3 N–H and O–H groups in total. The number of nitrogens with zero attached hydrogens (tertiary/aromatic N) is 3. The van der Waals surface area contributed by atoms with Gasteiger partial charge in [-0.15, -0.1) is 11.3 Å². The number of thiazole rings is 1. The minimum atomic E-state index is -0.0181. The summed E-state index contributed by atoms with van der Waals surface area (Å²) in [5, 5.41) is 12.8. The van der Waals surface area contributed by atoms with E-state index in [1.807, 2.05) is 36.1 Å². The van der Waals surface area contributed by atoms with Crippen LogP contribution in [-0.4, -0.2) is 48.1 Å². The Morgan fingerprint density at radius 2 is 2.10 bits per heavy atom. The van der Waals surface area contributed by atoms with Crippen LogP contribution in [0.1, 0.15) is 36.0 Å². The molecule has 7 nitrogen and oxygen atoms in total. The van der Waals surface area contributed by atoms with Crippen molar-refractivity contribution in [2.45, 2.75) is 39.7 Å². The summed E-state index contributed by atoms with van der Waals surface area (Å²) in [6.07, 6.45) is 3.04. The molecular formula is C21H30N6OS. The molecule has 0 unspecified atom stereocenters. The van der Waals surface area contributed by atoms with Crippen molar-refractivity contribution in [1.29, 1.82) is 0 Å². The Morgan fingerprint density at radius 3 is 2.83 bits per heavy atom. The molecule has 8 heteroatoms. The Hall–Kier alpha value is -2.61. The lowest BCUT2D eigenvalue weighted by Gasteiger charge is -2.16. The number of carbonyl (C=O) groups excluding carboxylic acids is 1. The van der Waals surface area contributed by atoms with Gasteiger partial charge in [-0.25, -0.2) is 14.8 Å². The molecule has 2 heterocycles. The normalized spacial score (nSPS) is 14.1. The summed E-state index contributed by atoms with van der Waals surface area (Å²) in [4.78, 5) is 23.3. The van der Waals surface area contributed by atoms with E-state index in [1.54, 1.807) is 11.3 Å². The third-order valence-electron chi connectivity index (χ3n) is 4.68. The molecule has 1 aromatic heterocycles. The summed E-state index contributed by atoms with van der Waals surface area (Å²) in [6, 6.07) is 7.86. The van der Waals surface area contributed by atoms with Gasteiger partial charge < -0.3 is 20.9 Å². The third-order valence-corrected chi connectivity index (χ3v) is 5.50. The molecule has 1 aliphatic rings. The average molecular weight is 415 g/mol. The van der Waals surface area contributed by atoms with Crippen molar-refractivity contribution in [3.8, 4) is 0 Å². The lowest BCUT2D eigenvalue weighted by molar-refractivity contribution is 0.222. The largest absolute Gasteiger partial charge is 0.357 e. The first-order valence-corrected chi connectivity index (χ1v) is 11.1. The van der Waals surface area contributed by atoms with Crippen LogP contribution in [0.2, 0.25) is 0 Å². The molecule has 0 radical (unpaired) electrons. The standard InChI is InChI=1S/C21H30N6OS/c1-3-22-20(23-10-9-19-15-29-16(2)25-19)24-14-17-7-6-8-18(13-17)26-21(28)27-11-4-5-12-27/h6-8,13,15H,3-5,9-12,14H2,1-2H3,(H,26,28)(H2,22,23,24). The highest BCUT2D eigenvalue weighted by Gasteiger charge is 2.17. The second kappa shape index (κ2) is 10.8. The van der Waals surface area contributed by atoms with E-state index in [0.29, 0.717) is 6.54 Å². The summed E-state index contributed by atoms with van der Waals surface area (Å²) in [5.74, 6) is 0.783. The topological polar surface area (TPSA) is 81.7 Å². The molecule has 3 rings (SSSR count). The molecule has 156 valence electrons. The van der Waals surface area contributed by atoms with Crippen molar-refractivity contribution in [2.75, 3.05) is 31.5 Å². The minimum absolute atomic E-state index is 0.0181. The first-order valence-electron chi connectivity index (χ1n) is 10.2. The first kappa shape index (κ1) is 21.1. The molecule has 0 spiro atoms. The Balaban J connectivity index is 1.53. The molecule has 0 atom stereocenters. The Kier molecular flexibility index (Phi) is 7.86. The number of guanidine groups is 1. The van der Waals surface area contributed by atoms with Crippen molar-refractivity contribution in [1.82, 2.24) is 20.5 Å². The van der Waals surface area contributed by atoms with Crippen molar-refractivity contribution in [2.24, 2.45) is 4.99 Å². The molecule has 1 aliphatic heterocycles. The van der Waals surface area contributed by atoms with Gasteiger partial charge in [0.1, 0.15) is 0 Å². The van der Waals surface area contributed by atoms with E-state index in [2.05, 4.69) is 38.2 Å². The number of anilines is 1. The molecule has 0 aliphatic carbocycles. The fourth-order valence-electron chi connectivity index (χ4n) is 3.21. The zero-order chi connectivity index (χ0) is 20.5. The molecule has 2 amide bonds. The van der Waals surface area contributed by atoms with Crippen LogP contribution in [0.5, 0.6) is 0 Å². The SMILES string of the molecule is CCNC(=NCc1cccc(NC(=O)N2CCCC2)c1)NCCc1csc(C)n1. The Bertz CT molecular complexity index is 828. The van der Waals surface area contributed by atoms with Gasteiger partial charge in [-0.1, -0.05) is 12.1 Å². The van der Waals surface area contributed by atoms with E-state index in [-0.39, 0.29) is 6.03 Å². The zero-order valence-corrected chi connectivity index (χ0v) is 18.0. The number of amides is 2.